The van der Waals surface area contributed by atoms with Crippen molar-refractivity contribution in [3.05, 3.63) is 82.1 Å². The number of carbonyl (C=O) groups is 1. The van der Waals surface area contributed by atoms with Crippen molar-refractivity contribution in [3.8, 4) is 28.7 Å². The minimum atomic E-state index is -0.145. The van der Waals surface area contributed by atoms with Gasteiger partial charge < -0.3 is 23.7 Å². The van der Waals surface area contributed by atoms with E-state index >= 15 is 0 Å². The number of methoxy groups -OCH3 is 3. The molecule has 0 saturated heterocycles. The normalized spacial score (nSPS) is 15.8. The molecule has 2 heterocycles. The molecule has 0 aromatic heterocycles. The van der Waals surface area contributed by atoms with E-state index in [2.05, 4.69) is 4.90 Å². The topological polar surface area (TPSA) is 66.5 Å². The van der Waals surface area contributed by atoms with Crippen molar-refractivity contribution in [1.82, 2.24) is 4.90 Å². The summed E-state index contributed by atoms with van der Waals surface area (Å²) in [6, 6.07) is 15.3. The van der Waals surface area contributed by atoms with Crippen LogP contribution in [0, 0.1) is 6.92 Å². The van der Waals surface area contributed by atoms with E-state index in [-0.39, 0.29) is 11.5 Å². The van der Waals surface area contributed by atoms with Crippen molar-refractivity contribution < 1.29 is 28.5 Å². The highest BCUT2D eigenvalue weighted by Crippen LogP contribution is 2.43. The first-order valence-corrected chi connectivity index (χ1v) is 11.3. The fourth-order valence-electron chi connectivity index (χ4n) is 4.56. The van der Waals surface area contributed by atoms with Crippen LogP contribution in [-0.2, 0) is 13.1 Å². The summed E-state index contributed by atoms with van der Waals surface area (Å²) >= 11 is 0. The van der Waals surface area contributed by atoms with Crippen molar-refractivity contribution in [1.29, 1.82) is 0 Å². The lowest BCUT2D eigenvalue weighted by atomic mass is 9.99. The molecule has 0 fully saturated rings. The second-order valence-corrected chi connectivity index (χ2v) is 8.50. The largest absolute Gasteiger partial charge is 0.496 e. The predicted octanol–water partition coefficient (Wildman–Crippen LogP) is 4.99. The quantitative estimate of drug-likeness (QED) is 0.467. The summed E-state index contributed by atoms with van der Waals surface area (Å²) in [6.45, 7) is 3.68. The second-order valence-electron chi connectivity index (χ2n) is 8.50. The molecule has 180 valence electrons. The third-order valence-corrected chi connectivity index (χ3v) is 6.28. The molecule has 3 aromatic carbocycles. The molecule has 0 radical (unpaired) electrons. The molecule has 2 aliphatic heterocycles. The Kier molecular flexibility index (Phi) is 6.09. The number of carbonyl (C=O) groups excluding carboxylic acids is 1. The van der Waals surface area contributed by atoms with E-state index in [9.17, 15) is 4.79 Å². The fourth-order valence-corrected chi connectivity index (χ4v) is 4.56. The number of benzene rings is 3. The average Bonchev–Trinajstić information content (AvgIpc) is 3.19. The zero-order valence-corrected chi connectivity index (χ0v) is 20.2. The first kappa shape index (κ1) is 22.8. The standard InChI is InChI=1S/C28H27NO6/c1-17-27-20(15-29(16-34-27)14-18-9-10-23(32-3)24(11-18)33-4)12-21-26(30)25(35-28(17)21)13-19-7-5-6-8-22(19)31-2/h5-13H,14-16H2,1-4H3/b25-13-. The van der Waals surface area contributed by atoms with Gasteiger partial charge in [-0.2, -0.15) is 0 Å². The monoisotopic (exact) mass is 473 g/mol. The average molecular weight is 474 g/mol. The summed E-state index contributed by atoms with van der Waals surface area (Å²) in [4.78, 5) is 15.4. The zero-order chi connectivity index (χ0) is 24.5. The molecular formula is C28H27NO6. The molecule has 7 heteroatoms. The summed E-state index contributed by atoms with van der Waals surface area (Å²) in [5, 5.41) is 0. The molecule has 2 aliphatic rings. The van der Waals surface area contributed by atoms with Gasteiger partial charge in [-0.1, -0.05) is 24.3 Å². The number of para-hydroxylation sites is 1. The van der Waals surface area contributed by atoms with Crippen molar-refractivity contribution in [2.75, 3.05) is 28.1 Å². The van der Waals surface area contributed by atoms with Gasteiger partial charge in [0.05, 0.1) is 26.9 Å². The van der Waals surface area contributed by atoms with Crippen LogP contribution >= 0.6 is 0 Å². The molecule has 5 rings (SSSR count). The number of Topliss-reactive ketones (excluding diaryl/α,β-unsaturated/α-hetero) is 1. The summed E-state index contributed by atoms with van der Waals surface area (Å²) in [7, 11) is 4.85. The maximum atomic E-state index is 13.2. The minimum absolute atomic E-state index is 0.145. The van der Waals surface area contributed by atoms with Crippen LogP contribution in [0.4, 0.5) is 0 Å². The van der Waals surface area contributed by atoms with Crippen LogP contribution < -0.4 is 23.7 Å². The lowest BCUT2D eigenvalue weighted by molar-refractivity contribution is 0.0876. The van der Waals surface area contributed by atoms with E-state index in [0.29, 0.717) is 48.4 Å². The lowest BCUT2D eigenvalue weighted by Gasteiger charge is -2.30. The van der Waals surface area contributed by atoms with Crippen molar-refractivity contribution >= 4 is 11.9 Å². The van der Waals surface area contributed by atoms with Crippen LogP contribution in [0.3, 0.4) is 0 Å². The second kappa shape index (κ2) is 9.35. The molecule has 0 aliphatic carbocycles. The number of nitrogens with zero attached hydrogens (tertiary/aromatic N) is 1. The Balaban J connectivity index is 1.40. The van der Waals surface area contributed by atoms with E-state index in [1.165, 1.54) is 0 Å². The van der Waals surface area contributed by atoms with Gasteiger partial charge in [0, 0.05) is 29.8 Å². The maximum absolute atomic E-state index is 13.2. The first-order valence-electron chi connectivity index (χ1n) is 11.3. The van der Waals surface area contributed by atoms with Crippen molar-refractivity contribution in [3.63, 3.8) is 0 Å². The zero-order valence-electron chi connectivity index (χ0n) is 20.2. The van der Waals surface area contributed by atoms with E-state index in [1.54, 1.807) is 27.4 Å². The number of fused-ring (bicyclic) bond motifs is 2. The van der Waals surface area contributed by atoms with Gasteiger partial charge >= 0.3 is 0 Å². The Morgan fingerprint density at radius 1 is 0.943 bits per heavy atom. The molecule has 35 heavy (non-hydrogen) atoms. The molecular weight excluding hydrogens is 446 g/mol. The highest BCUT2D eigenvalue weighted by Gasteiger charge is 2.33. The summed E-state index contributed by atoms with van der Waals surface area (Å²) in [5.41, 5.74) is 4.21. The third-order valence-electron chi connectivity index (χ3n) is 6.28. The Labute approximate surface area is 204 Å². The van der Waals surface area contributed by atoms with Crippen LogP contribution in [0.1, 0.15) is 32.6 Å². The Morgan fingerprint density at radius 3 is 2.49 bits per heavy atom. The number of allylic oxidation sites excluding steroid dienone is 1. The van der Waals surface area contributed by atoms with Gasteiger partial charge in [-0.25, -0.2) is 0 Å². The van der Waals surface area contributed by atoms with E-state index < -0.39 is 0 Å². The van der Waals surface area contributed by atoms with E-state index in [1.807, 2.05) is 55.5 Å². The lowest BCUT2D eigenvalue weighted by Crippen LogP contribution is -2.32. The first-order chi connectivity index (χ1) is 17.0. The summed E-state index contributed by atoms with van der Waals surface area (Å²) < 4.78 is 28.3. The van der Waals surface area contributed by atoms with Gasteiger partial charge in [-0.05, 0) is 42.8 Å². The number of ketones is 1. The van der Waals surface area contributed by atoms with E-state index in [4.69, 9.17) is 23.7 Å². The molecule has 0 unspecified atom stereocenters. The number of hydrogen-bond acceptors (Lipinski definition) is 7. The van der Waals surface area contributed by atoms with Crippen LogP contribution in [0.15, 0.2) is 54.3 Å². The third kappa shape index (κ3) is 4.19. The SMILES string of the molecule is COc1ccccc1/C=C1\Oc2c(cc3c(c2C)OCN(Cc2ccc(OC)c(OC)c2)C3)C1=O. The molecule has 0 spiro atoms. The minimum Gasteiger partial charge on any atom is -0.496 e. The Morgan fingerprint density at radius 2 is 1.71 bits per heavy atom. The van der Waals surface area contributed by atoms with Crippen LogP contribution in [0.25, 0.3) is 6.08 Å². The van der Waals surface area contributed by atoms with Crippen LogP contribution in [-0.4, -0.2) is 38.7 Å². The highest BCUT2D eigenvalue weighted by atomic mass is 16.5. The molecule has 0 N–H and O–H groups in total. The molecule has 3 aromatic rings. The number of ether oxygens (including phenoxy) is 5. The van der Waals surface area contributed by atoms with Gasteiger partial charge in [0.15, 0.2) is 17.3 Å². The molecule has 0 atom stereocenters. The molecule has 0 amide bonds. The van der Waals surface area contributed by atoms with Crippen LogP contribution in [0.2, 0.25) is 0 Å². The van der Waals surface area contributed by atoms with Gasteiger partial charge in [0.25, 0.3) is 0 Å². The highest BCUT2D eigenvalue weighted by molar-refractivity contribution is 6.15. The summed E-state index contributed by atoms with van der Waals surface area (Å²) in [5.74, 6) is 3.53. The fraction of sp³-hybridized carbons (Fsp3) is 0.250. The molecule has 7 nitrogen and oxygen atoms in total. The van der Waals surface area contributed by atoms with Gasteiger partial charge in [0.2, 0.25) is 5.78 Å². The van der Waals surface area contributed by atoms with Gasteiger partial charge in [0.1, 0.15) is 24.0 Å². The van der Waals surface area contributed by atoms with Gasteiger partial charge in [-0.15, -0.1) is 0 Å². The van der Waals surface area contributed by atoms with Crippen LogP contribution in [0.5, 0.6) is 28.7 Å². The molecule has 0 bridgehead atoms. The van der Waals surface area contributed by atoms with E-state index in [0.717, 1.165) is 28.0 Å². The summed E-state index contributed by atoms with van der Waals surface area (Å²) in [6.07, 6.45) is 1.73. The molecule has 0 saturated carbocycles. The predicted molar refractivity (Wildman–Crippen MR) is 131 cm³/mol. The van der Waals surface area contributed by atoms with Crippen molar-refractivity contribution in [2.24, 2.45) is 0 Å². The van der Waals surface area contributed by atoms with Crippen molar-refractivity contribution in [2.45, 2.75) is 20.0 Å². The maximum Gasteiger partial charge on any atom is 0.231 e. The number of hydrogen-bond donors (Lipinski definition) is 0. The Bertz CT molecular complexity index is 1330. The van der Waals surface area contributed by atoms with Gasteiger partial charge in [-0.3, -0.25) is 9.69 Å². The smallest absolute Gasteiger partial charge is 0.231 e. The Hall–Kier alpha value is -3.97. The number of rotatable bonds is 6.